The second-order valence-electron chi connectivity index (χ2n) is 6.34. The maximum atomic E-state index is 13.7. The molecule has 0 spiro atoms. The van der Waals surface area contributed by atoms with Gasteiger partial charge >= 0.3 is 0 Å². The first-order valence-electron chi connectivity index (χ1n) is 6.79. The first-order valence-corrected chi connectivity index (χ1v) is 6.79. The predicted molar refractivity (Wildman–Crippen MR) is 79.9 cm³/mol. The third kappa shape index (κ3) is 2.75. The SMILES string of the molecule is CC(N)c1ccc(F)cc1-c1cn(C)nc1C(C)(C)C. The molecule has 1 atom stereocenters. The second kappa shape index (κ2) is 5.02. The molecule has 0 radical (unpaired) electrons. The molecule has 0 fully saturated rings. The van der Waals surface area contributed by atoms with E-state index in [1.54, 1.807) is 16.8 Å². The topological polar surface area (TPSA) is 43.8 Å². The Bertz CT molecular complexity index is 621. The minimum atomic E-state index is -0.256. The van der Waals surface area contributed by atoms with Crippen LogP contribution in [0, 0.1) is 5.82 Å². The molecule has 1 aromatic heterocycles. The Hall–Kier alpha value is -1.68. The van der Waals surface area contributed by atoms with Crippen LogP contribution in [-0.2, 0) is 12.5 Å². The van der Waals surface area contributed by atoms with Crippen LogP contribution in [0.4, 0.5) is 4.39 Å². The van der Waals surface area contributed by atoms with Gasteiger partial charge in [-0.25, -0.2) is 4.39 Å². The second-order valence-corrected chi connectivity index (χ2v) is 6.34. The summed E-state index contributed by atoms with van der Waals surface area (Å²) in [4.78, 5) is 0. The summed E-state index contributed by atoms with van der Waals surface area (Å²) in [5, 5.41) is 4.54. The first-order chi connectivity index (χ1) is 9.20. The molecule has 0 amide bonds. The molecule has 2 N–H and O–H groups in total. The number of nitrogens with two attached hydrogens (primary N) is 1. The van der Waals surface area contributed by atoms with Gasteiger partial charge in [0.15, 0.2) is 0 Å². The highest BCUT2D eigenvalue weighted by atomic mass is 19.1. The van der Waals surface area contributed by atoms with E-state index >= 15 is 0 Å². The number of aromatic nitrogens is 2. The van der Waals surface area contributed by atoms with Crippen LogP contribution >= 0.6 is 0 Å². The van der Waals surface area contributed by atoms with Crippen molar-refractivity contribution < 1.29 is 4.39 Å². The Morgan fingerprint density at radius 3 is 2.45 bits per heavy atom. The smallest absolute Gasteiger partial charge is 0.123 e. The maximum absolute atomic E-state index is 13.7. The van der Waals surface area contributed by atoms with Gasteiger partial charge in [-0.3, -0.25) is 4.68 Å². The summed E-state index contributed by atoms with van der Waals surface area (Å²) in [7, 11) is 1.88. The van der Waals surface area contributed by atoms with Crippen LogP contribution in [0.3, 0.4) is 0 Å². The number of nitrogens with zero attached hydrogens (tertiary/aromatic N) is 2. The van der Waals surface area contributed by atoms with Crippen molar-refractivity contribution in [3.8, 4) is 11.1 Å². The largest absolute Gasteiger partial charge is 0.324 e. The van der Waals surface area contributed by atoms with Gasteiger partial charge in [-0.05, 0) is 30.2 Å². The minimum absolute atomic E-state index is 0.113. The van der Waals surface area contributed by atoms with Crippen molar-refractivity contribution >= 4 is 0 Å². The highest BCUT2D eigenvalue weighted by Crippen LogP contribution is 2.35. The van der Waals surface area contributed by atoms with Crippen LogP contribution in [0.25, 0.3) is 11.1 Å². The van der Waals surface area contributed by atoms with E-state index in [2.05, 4.69) is 25.9 Å². The van der Waals surface area contributed by atoms with E-state index in [9.17, 15) is 4.39 Å². The molecule has 4 heteroatoms. The monoisotopic (exact) mass is 275 g/mol. The van der Waals surface area contributed by atoms with Gasteiger partial charge in [-0.15, -0.1) is 0 Å². The van der Waals surface area contributed by atoms with Gasteiger partial charge in [0.2, 0.25) is 0 Å². The minimum Gasteiger partial charge on any atom is -0.324 e. The number of rotatable bonds is 2. The number of halogens is 1. The van der Waals surface area contributed by atoms with E-state index in [4.69, 9.17) is 5.73 Å². The van der Waals surface area contributed by atoms with Crippen molar-refractivity contribution in [2.75, 3.05) is 0 Å². The third-order valence-corrected chi connectivity index (χ3v) is 3.34. The molecule has 108 valence electrons. The number of aryl methyl sites for hydroxylation is 1. The van der Waals surface area contributed by atoms with Crippen LogP contribution in [0.5, 0.6) is 0 Å². The molecule has 0 bridgehead atoms. The lowest BCUT2D eigenvalue weighted by Gasteiger charge is -2.19. The Labute approximate surface area is 119 Å². The fourth-order valence-electron chi connectivity index (χ4n) is 2.40. The number of benzene rings is 1. The lowest BCUT2D eigenvalue weighted by Crippen LogP contribution is -2.14. The Morgan fingerprint density at radius 1 is 1.25 bits per heavy atom. The third-order valence-electron chi connectivity index (χ3n) is 3.34. The zero-order valence-corrected chi connectivity index (χ0v) is 12.7. The van der Waals surface area contributed by atoms with Crippen LogP contribution in [-0.4, -0.2) is 9.78 Å². The average molecular weight is 275 g/mol. The van der Waals surface area contributed by atoms with Crippen LogP contribution < -0.4 is 5.73 Å². The number of hydrogen-bond donors (Lipinski definition) is 1. The first kappa shape index (κ1) is 14.7. The number of hydrogen-bond acceptors (Lipinski definition) is 2. The average Bonchev–Trinajstić information content (AvgIpc) is 2.70. The maximum Gasteiger partial charge on any atom is 0.123 e. The van der Waals surface area contributed by atoms with Crippen molar-refractivity contribution in [3.63, 3.8) is 0 Å². The molecule has 20 heavy (non-hydrogen) atoms. The van der Waals surface area contributed by atoms with Crippen molar-refractivity contribution in [1.29, 1.82) is 0 Å². The van der Waals surface area contributed by atoms with Crippen LogP contribution in [0.15, 0.2) is 24.4 Å². The highest BCUT2D eigenvalue weighted by molar-refractivity contribution is 5.70. The van der Waals surface area contributed by atoms with Gasteiger partial charge in [0.25, 0.3) is 0 Å². The standard InChI is InChI=1S/C16H22FN3/c1-10(18)12-7-6-11(17)8-13(12)14-9-20(5)19-15(14)16(2,3)4/h6-10H,18H2,1-5H3. The summed E-state index contributed by atoms with van der Waals surface area (Å²) in [6.07, 6.45) is 1.93. The van der Waals surface area contributed by atoms with E-state index in [1.807, 2.05) is 20.2 Å². The zero-order valence-electron chi connectivity index (χ0n) is 12.7. The fourth-order valence-corrected chi connectivity index (χ4v) is 2.40. The lowest BCUT2D eigenvalue weighted by molar-refractivity contribution is 0.554. The van der Waals surface area contributed by atoms with Gasteiger partial charge in [0, 0.05) is 30.3 Å². The summed E-state index contributed by atoms with van der Waals surface area (Å²) in [5.41, 5.74) is 9.57. The Balaban J connectivity index is 2.71. The zero-order chi connectivity index (χ0) is 15.1. The molecule has 2 aromatic rings. The van der Waals surface area contributed by atoms with Crippen molar-refractivity contribution in [1.82, 2.24) is 9.78 Å². The van der Waals surface area contributed by atoms with E-state index in [0.717, 1.165) is 22.4 Å². The van der Waals surface area contributed by atoms with Gasteiger partial charge in [0.05, 0.1) is 5.69 Å². The van der Waals surface area contributed by atoms with Crippen LogP contribution in [0.2, 0.25) is 0 Å². The highest BCUT2D eigenvalue weighted by Gasteiger charge is 2.24. The molecule has 0 saturated heterocycles. The van der Waals surface area contributed by atoms with E-state index < -0.39 is 0 Å². The summed E-state index contributed by atoms with van der Waals surface area (Å²) in [6, 6.07) is 4.60. The Kier molecular flexibility index (Phi) is 3.69. The van der Waals surface area contributed by atoms with E-state index in [-0.39, 0.29) is 17.3 Å². The van der Waals surface area contributed by atoms with Crippen molar-refractivity contribution in [3.05, 3.63) is 41.5 Å². The molecular weight excluding hydrogens is 253 g/mol. The van der Waals surface area contributed by atoms with Gasteiger partial charge in [-0.2, -0.15) is 5.10 Å². The molecule has 1 unspecified atom stereocenters. The van der Waals surface area contributed by atoms with Gasteiger partial charge in [-0.1, -0.05) is 26.8 Å². The Morgan fingerprint density at radius 2 is 1.90 bits per heavy atom. The fraction of sp³-hybridized carbons (Fsp3) is 0.438. The van der Waals surface area contributed by atoms with Gasteiger partial charge in [0.1, 0.15) is 5.82 Å². The summed E-state index contributed by atoms with van der Waals surface area (Å²) in [5.74, 6) is -0.256. The molecule has 0 aliphatic rings. The normalized spacial score (nSPS) is 13.6. The summed E-state index contributed by atoms with van der Waals surface area (Å²) in [6.45, 7) is 8.21. The molecule has 0 aliphatic heterocycles. The quantitative estimate of drug-likeness (QED) is 0.911. The molecule has 2 rings (SSSR count). The molecule has 1 heterocycles. The molecule has 3 nitrogen and oxygen atoms in total. The molecule has 0 aliphatic carbocycles. The van der Waals surface area contributed by atoms with Crippen molar-refractivity contribution in [2.24, 2.45) is 12.8 Å². The molecular formula is C16H22FN3. The summed E-state index contributed by atoms with van der Waals surface area (Å²) >= 11 is 0. The summed E-state index contributed by atoms with van der Waals surface area (Å²) < 4.78 is 15.4. The molecule has 0 saturated carbocycles. The van der Waals surface area contributed by atoms with Crippen molar-refractivity contribution in [2.45, 2.75) is 39.2 Å². The van der Waals surface area contributed by atoms with E-state index in [0.29, 0.717) is 0 Å². The van der Waals surface area contributed by atoms with Crippen LogP contribution in [0.1, 0.15) is 45.0 Å². The lowest BCUT2D eigenvalue weighted by atomic mass is 9.85. The molecule has 1 aromatic carbocycles. The van der Waals surface area contributed by atoms with Gasteiger partial charge < -0.3 is 5.73 Å². The van der Waals surface area contributed by atoms with E-state index in [1.165, 1.54) is 6.07 Å². The predicted octanol–water partition coefficient (Wildman–Crippen LogP) is 3.54.